The van der Waals surface area contributed by atoms with Crippen LogP contribution < -0.4 is 10.5 Å². The number of hydrogen-bond donors (Lipinski definition) is 3. The Morgan fingerprint density at radius 1 is 1.21 bits per heavy atom. The van der Waals surface area contributed by atoms with Crippen LogP contribution in [0.25, 0.3) is 11.3 Å². The number of rotatable bonds is 10. The zero-order valence-corrected chi connectivity index (χ0v) is 20.9. The largest absolute Gasteiger partial charge is 0.342 e. The van der Waals surface area contributed by atoms with Crippen LogP contribution >= 0.6 is 0 Å². The lowest BCUT2D eigenvalue weighted by atomic mass is 10.1. The molecule has 11 heteroatoms. The van der Waals surface area contributed by atoms with Gasteiger partial charge in [-0.3, -0.25) is 4.99 Å². The van der Waals surface area contributed by atoms with E-state index in [-0.39, 0.29) is 17.2 Å². The fourth-order valence-corrected chi connectivity index (χ4v) is 3.97. The Morgan fingerprint density at radius 2 is 1.94 bits per heavy atom. The first-order chi connectivity index (χ1) is 15.9. The van der Waals surface area contributed by atoms with E-state index in [4.69, 9.17) is 10.5 Å². The first-order valence-electron chi connectivity index (χ1n) is 10.4. The third-order valence-electron chi connectivity index (χ3n) is 4.58. The molecule has 2 aromatic rings. The van der Waals surface area contributed by atoms with Crippen LogP contribution in [0.3, 0.4) is 0 Å². The number of sulfone groups is 1. The van der Waals surface area contributed by atoms with Gasteiger partial charge in [-0.1, -0.05) is 37.3 Å². The molecule has 0 unspecified atom stereocenters. The number of sulfonamides is 1. The van der Waals surface area contributed by atoms with E-state index in [2.05, 4.69) is 15.3 Å². The van der Waals surface area contributed by atoms with Crippen LogP contribution in [-0.2, 0) is 19.9 Å². The molecule has 0 spiro atoms. The van der Waals surface area contributed by atoms with Crippen molar-refractivity contribution in [3.8, 4) is 11.3 Å². The molecule has 0 bridgehead atoms. The van der Waals surface area contributed by atoms with Gasteiger partial charge in [0.1, 0.15) is 5.69 Å². The molecule has 0 fully saturated rings. The number of allylic oxidation sites excluding steroid dienone is 1. The molecule has 0 amide bonds. The van der Waals surface area contributed by atoms with Crippen molar-refractivity contribution >= 4 is 37.6 Å². The number of nitrogens with two attached hydrogens (primary N) is 1. The summed E-state index contributed by atoms with van der Waals surface area (Å²) in [6, 6.07) is 9.94. The van der Waals surface area contributed by atoms with E-state index in [1.54, 1.807) is 37.3 Å². The van der Waals surface area contributed by atoms with Crippen LogP contribution in [0.4, 0.5) is 5.69 Å². The average molecular weight is 504 g/mol. The Morgan fingerprint density at radius 3 is 2.56 bits per heavy atom. The number of aliphatic imine (C=N–C) groups is 1. The maximum absolute atomic E-state index is 11.8. The van der Waals surface area contributed by atoms with Gasteiger partial charge in [-0.25, -0.2) is 27.0 Å². The topological polar surface area (TPSA) is 155 Å². The number of aromatic nitrogens is 1. The van der Waals surface area contributed by atoms with E-state index in [9.17, 15) is 16.8 Å². The molecule has 0 saturated carbocycles. The van der Waals surface area contributed by atoms with E-state index in [0.29, 0.717) is 34.0 Å². The van der Waals surface area contributed by atoms with Gasteiger partial charge < -0.3 is 10.7 Å². The van der Waals surface area contributed by atoms with Gasteiger partial charge in [-0.05, 0) is 43.2 Å². The maximum atomic E-state index is 11.8. The van der Waals surface area contributed by atoms with Crippen molar-refractivity contribution in [2.45, 2.75) is 25.2 Å². The molecule has 1 heterocycles. The minimum Gasteiger partial charge on any atom is -0.342 e. The molecule has 0 radical (unpaired) electrons. The Hall–Kier alpha value is -3.15. The van der Waals surface area contributed by atoms with Crippen LogP contribution in [-0.4, -0.2) is 52.4 Å². The van der Waals surface area contributed by atoms with E-state index < -0.39 is 19.9 Å². The Balaban J connectivity index is 2.25. The highest BCUT2D eigenvalue weighted by atomic mass is 32.2. The van der Waals surface area contributed by atoms with Gasteiger partial charge in [-0.2, -0.15) is 0 Å². The van der Waals surface area contributed by atoms with Gasteiger partial charge >= 0.3 is 0 Å². The normalized spacial score (nSPS) is 13.3. The van der Waals surface area contributed by atoms with Crippen molar-refractivity contribution in [2.75, 3.05) is 23.9 Å². The van der Waals surface area contributed by atoms with E-state index in [1.807, 2.05) is 19.1 Å². The minimum absolute atomic E-state index is 0.191. The van der Waals surface area contributed by atoms with Gasteiger partial charge in [-0.15, -0.1) is 0 Å². The summed E-state index contributed by atoms with van der Waals surface area (Å²) in [6.07, 6.45) is 8.28. The Labute approximate surface area is 201 Å². The average Bonchev–Trinajstić information content (AvgIpc) is 2.77. The summed E-state index contributed by atoms with van der Waals surface area (Å²) in [7, 11) is -6.97. The summed E-state index contributed by atoms with van der Waals surface area (Å²) in [5.74, 6) is 0.269. The van der Waals surface area contributed by atoms with Crippen molar-refractivity contribution in [1.29, 1.82) is 5.41 Å². The highest BCUT2D eigenvalue weighted by Gasteiger charge is 2.11. The zero-order valence-electron chi connectivity index (χ0n) is 19.3. The predicted molar refractivity (Wildman–Crippen MR) is 138 cm³/mol. The van der Waals surface area contributed by atoms with Crippen molar-refractivity contribution < 1.29 is 16.8 Å². The van der Waals surface area contributed by atoms with Gasteiger partial charge in [0.05, 0.1) is 34.4 Å². The third kappa shape index (κ3) is 8.65. The molecular formula is C23H29N5O4S2. The number of hydrogen-bond acceptors (Lipinski definition) is 7. The number of pyridine rings is 1. The number of nitrogens with one attached hydrogen (secondary N) is 2. The van der Waals surface area contributed by atoms with Crippen molar-refractivity contribution in [1.82, 2.24) is 4.98 Å². The fraction of sp³-hybridized carbons (Fsp3) is 0.261. The zero-order chi connectivity index (χ0) is 25.4. The number of primary sulfonamides is 1. The van der Waals surface area contributed by atoms with E-state index >= 15 is 0 Å². The second-order valence-electron chi connectivity index (χ2n) is 7.52. The van der Waals surface area contributed by atoms with Crippen molar-refractivity contribution in [3.63, 3.8) is 0 Å². The molecule has 2 rings (SSSR count). The Bertz CT molecular complexity index is 1350. The summed E-state index contributed by atoms with van der Waals surface area (Å²) in [5, 5.41) is 15.9. The van der Waals surface area contributed by atoms with Gasteiger partial charge in [0.25, 0.3) is 0 Å². The predicted octanol–water partition coefficient (Wildman–Crippen LogP) is 3.16. The van der Waals surface area contributed by atoms with Crippen LogP contribution in [0, 0.1) is 5.41 Å². The molecule has 1 aromatic carbocycles. The van der Waals surface area contributed by atoms with Gasteiger partial charge in [0, 0.05) is 18.0 Å². The highest BCUT2D eigenvalue weighted by molar-refractivity contribution is 7.90. The molecule has 1 aromatic heterocycles. The molecule has 0 atom stereocenters. The molecule has 0 aliphatic heterocycles. The van der Waals surface area contributed by atoms with E-state index in [1.165, 1.54) is 12.1 Å². The van der Waals surface area contributed by atoms with Crippen molar-refractivity contribution in [2.24, 2.45) is 10.1 Å². The van der Waals surface area contributed by atoms with Crippen LogP contribution in [0.1, 0.15) is 26.0 Å². The van der Waals surface area contributed by atoms with Crippen LogP contribution in [0.2, 0.25) is 0 Å². The number of anilines is 1. The minimum atomic E-state index is -3.62. The number of benzene rings is 1. The molecule has 34 heavy (non-hydrogen) atoms. The monoisotopic (exact) mass is 503 g/mol. The van der Waals surface area contributed by atoms with Gasteiger partial charge in [0.2, 0.25) is 10.0 Å². The lowest BCUT2D eigenvalue weighted by Gasteiger charge is -2.11. The lowest BCUT2D eigenvalue weighted by Crippen LogP contribution is -2.15. The highest BCUT2D eigenvalue weighted by Crippen LogP contribution is 2.23. The standard InChI is InChI=1S/C23H29N5O4S2/c1-4-5-7-18(12-13-34(25,31)32)16-26-17(2)27-22-11-10-21(28-23(22)15-24)19-8-6-9-20(14-19)33(3,29)30/h5-12,14-15,24H,4,13,16H2,1-3H3,(H,26,27)(H2,25,31,32)/b7-5-,18-12+,24-15?. The number of amidine groups is 1. The second-order valence-corrected chi connectivity index (χ2v) is 11.2. The quantitative estimate of drug-likeness (QED) is 0.257. The molecule has 182 valence electrons. The van der Waals surface area contributed by atoms with Crippen molar-refractivity contribution in [3.05, 3.63) is 65.9 Å². The van der Waals surface area contributed by atoms with Crippen LogP contribution in [0.5, 0.6) is 0 Å². The summed E-state index contributed by atoms with van der Waals surface area (Å²) in [4.78, 5) is 9.11. The Kier molecular flexibility index (Phi) is 9.42. The molecule has 0 aliphatic rings. The summed E-state index contributed by atoms with van der Waals surface area (Å²) >= 11 is 0. The molecule has 0 aliphatic carbocycles. The number of nitrogens with zero attached hydrogens (tertiary/aromatic N) is 2. The molecule has 0 saturated heterocycles. The summed E-state index contributed by atoms with van der Waals surface area (Å²) in [6.45, 7) is 3.96. The molecule has 9 nitrogen and oxygen atoms in total. The SMILES string of the molecule is CC/C=C\C(=C/CS(N)(=O)=O)CN=C(C)Nc1ccc(-c2cccc(S(C)(=O)=O)c2)nc1C=N. The summed E-state index contributed by atoms with van der Waals surface area (Å²) < 4.78 is 46.2. The lowest BCUT2D eigenvalue weighted by molar-refractivity contribution is 0.599. The maximum Gasteiger partial charge on any atom is 0.212 e. The fourth-order valence-electron chi connectivity index (χ4n) is 2.86. The third-order valence-corrected chi connectivity index (χ3v) is 6.32. The first-order valence-corrected chi connectivity index (χ1v) is 14.0. The second kappa shape index (κ2) is 11.8. The summed E-state index contributed by atoms with van der Waals surface area (Å²) in [5.41, 5.74) is 2.77. The molecule has 4 N–H and O–H groups in total. The molecular weight excluding hydrogens is 474 g/mol. The van der Waals surface area contributed by atoms with E-state index in [0.717, 1.165) is 18.9 Å². The van der Waals surface area contributed by atoms with Crippen LogP contribution in [0.15, 0.2) is 70.1 Å². The first kappa shape index (κ1) is 27.1. The smallest absolute Gasteiger partial charge is 0.212 e. The van der Waals surface area contributed by atoms with Gasteiger partial charge in [0.15, 0.2) is 9.84 Å².